The monoisotopic (exact) mass is 446 g/mol. The van der Waals surface area contributed by atoms with E-state index < -0.39 is 0 Å². The van der Waals surface area contributed by atoms with Crippen LogP contribution in [0.4, 0.5) is 4.39 Å². The number of aliphatic hydroxyl groups excluding tert-OH is 1. The lowest BCUT2D eigenvalue weighted by Crippen LogP contribution is -2.44. The summed E-state index contributed by atoms with van der Waals surface area (Å²) in [6, 6.07) is 19.8. The Kier molecular flexibility index (Phi) is 7.32. The zero-order chi connectivity index (χ0) is 23.0. The highest BCUT2D eigenvalue weighted by molar-refractivity contribution is 5.92. The van der Waals surface area contributed by atoms with Gasteiger partial charge in [-0.1, -0.05) is 42.5 Å². The molecule has 1 fully saturated rings. The van der Waals surface area contributed by atoms with Crippen molar-refractivity contribution in [3.05, 3.63) is 107 Å². The van der Waals surface area contributed by atoms with Gasteiger partial charge in [-0.3, -0.25) is 14.7 Å². The molecule has 2 aromatic carbocycles. The summed E-state index contributed by atoms with van der Waals surface area (Å²) in [4.78, 5) is 21.1. The van der Waals surface area contributed by atoms with Crippen LogP contribution in [0, 0.1) is 5.82 Å². The largest absolute Gasteiger partial charge is 0.513 e. The van der Waals surface area contributed by atoms with Crippen molar-refractivity contribution in [2.75, 3.05) is 26.2 Å². The lowest BCUT2D eigenvalue weighted by atomic mass is 10.1. The molecule has 1 amide bonds. The molecule has 1 aliphatic heterocycles. The third-order valence-electron chi connectivity index (χ3n) is 5.74. The molecule has 1 saturated heterocycles. The van der Waals surface area contributed by atoms with Gasteiger partial charge in [0, 0.05) is 51.0 Å². The van der Waals surface area contributed by atoms with E-state index in [2.05, 4.69) is 20.1 Å². The van der Waals surface area contributed by atoms with E-state index >= 15 is 0 Å². The van der Waals surface area contributed by atoms with Crippen molar-refractivity contribution in [1.29, 1.82) is 0 Å². The molecule has 0 spiro atoms. The van der Waals surface area contributed by atoms with Crippen LogP contribution in [0.5, 0.6) is 0 Å². The number of pyridine rings is 1. The number of hydrogen-bond acceptors (Lipinski definition) is 5. The van der Waals surface area contributed by atoms with Crippen LogP contribution < -0.4 is 5.32 Å². The number of carbonyl (C=O) groups is 1. The first-order chi connectivity index (χ1) is 16.1. The van der Waals surface area contributed by atoms with Crippen LogP contribution in [0.1, 0.15) is 27.2 Å². The van der Waals surface area contributed by atoms with E-state index in [1.807, 2.05) is 42.5 Å². The normalized spacial score (nSPS) is 14.8. The van der Waals surface area contributed by atoms with E-state index in [0.29, 0.717) is 17.9 Å². The number of nitrogens with zero attached hydrogens (tertiary/aromatic N) is 3. The maximum atomic E-state index is 13.1. The number of piperazine rings is 1. The topological polar surface area (TPSA) is 68.7 Å². The molecule has 3 aromatic rings. The maximum Gasteiger partial charge on any atom is 0.270 e. The average Bonchev–Trinajstić information content (AvgIpc) is 2.86. The fraction of sp³-hybridized carbons (Fsp3) is 0.231. The quantitative estimate of drug-likeness (QED) is 0.540. The van der Waals surface area contributed by atoms with E-state index in [1.165, 1.54) is 12.1 Å². The average molecular weight is 447 g/mol. The first-order valence-corrected chi connectivity index (χ1v) is 11.0. The summed E-state index contributed by atoms with van der Waals surface area (Å²) in [5.74, 6) is -0.469. The summed E-state index contributed by atoms with van der Waals surface area (Å²) in [7, 11) is 0. The highest BCUT2D eigenvalue weighted by atomic mass is 19.1. The van der Waals surface area contributed by atoms with Crippen molar-refractivity contribution in [3.63, 3.8) is 0 Å². The Morgan fingerprint density at radius 1 is 0.970 bits per heavy atom. The zero-order valence-electron chi connectivity index (χ0n) is 18.3. The predicted octanol–water partition coefficient (Wildman–Crippen LogP) is 3.82. The molecule has 0 radical (unpaired) electrons. The van der Waals surface area contributed by atoms with Gasteiger partial charge in [-0.15, -0.1) is 0 Å². The van der Waals surface area contributed by atoms with Crippen molar-refractivity contribution in [3.8, 4) is 0 Å². The van der Waals surface area contributed by atoms with Crippen LogP contribution in [-0.2, 0) is 13.1 Å². The minimum absolute atomic E-state index is 0.227. The van der Waals surface area contributed by atoms with Crippen LogP contribution in [0.25, 0.3) is 5.70 Å². The standard InChI is InChI=1S/C26H27FN4O2/c27-23-9-6-21(7-10-23)18-30-12-14-31(15-13-30)25(19-32)22-8-11-24(28-17-22)26(33)29-16-20-4-2-1-3-5-20/h1-11,17,19,32H,12-16,18H2,(H,29,33)/b25-19-. The lowest BCUT2D eigenvalue weighted by molar-refractivity contribution is 0.0946. The van der Waals surface area contributed by atoms with Crippen LogP contribution in [0.2, 0.25) is 0 Å². The fourth-order valence-electron chi connectivity index (χ4n) is 3.88. The van der Waals surface area contributed by atoms with E-state index in [9.17, 15) is 14.3 Å². The van der Waals surface area contributed by atoms with Crippen molar-refractivity contribution in [1.82, 2.24) is 20.1 Å². The minimum Gasteiger partial charge on any atom is -0.513 e. The summed E-state index contributed by atoms with van der Waals surface area (Å²) in [6.45, 7) is 4.33. The SMILES string of the molecule is O=C(NCc1ccccc1)c1ccc(/C(=C/O)N2CCN(Cc3ccc(F)cc3)CC2)cn1. The van der Waals surface area contributed by atoms with Gasteiger partial charge >= 0.3 is 0 Å². The van der Waals surface area contributed by atoms with Gasteiger partial charge in [0.15, 0.2) is 0 Å². The number of halogens is 1. The van der Waals surface area contributed by atoms with Crippen molar-refractivity contribution < 1.29 is 14.3 Å². The van der Waals surface area contributed by atoms with Crippen molar-refractivity contribution in [2.45, 2.75) is 13.1 Å². The Bertz CT molecular complexity index is 1080. The molecule has 33 heavy (non-hydrogen) atoms. The molecule has 0 aliphatic carbocycles. The van der Waals surface area contributed by atoms with Crippen LogP contribution in [0.15, 0.2) is 79.2 Å². The molecule has 4 rings (SSSR count). The van der Waals surface area contributed by atoms with E-state index in [4.69, 9.17) is 0 Å². The molecule has 2 N–H and O–H groups in total. The Morgan fingerprint density at radius 3 is 2.33 bits per heavy atom. The summed E-state index contributed by atoms with van der Waals surface area (Å²) in [5.41, 5.74) is 3.86. The predicted molar refractivity (Wildman–Crippen MR) is 126 cm³/mol. The molecule has 1 aromatic heterocycles. The molecule has 0 saturated carbocycles. The third-order valence-corrected chi connectivity index (χ3v) is 5.74. The summed E-state index contributed by atoms with van der Waals surface area (Å²) in [5, 5.41) is 12.8. The smallest absolute Gasteiger partial charge is 0.270 e. The second kappa shape index (κ2) is 10.7. The minimum atomic E-state index is -0.241. The molecule has 1 aliphatic rings. The number of benzene rings is 2. The molecule has 7 heteroatoms. The van der Waals surface area contributed by atoms with Crippen LogP contribution in [0.3, 0.4) is 0 Å². The van der Waals surface area contributed by atoms with Crippen LogP contribution >= 0.6 is 0 Å². The zero-order valence-corrected chi connectivity index (χ0v) is 18.3. The molecule has 0 atom stereocenters. The first-order valence-electron chi connectivity index (χ1n) is 11.0. The molecule has 6 nitrogen and oxygen atoms in total. The fourth-order valence-corrected chi connectivity index (χ4v) is 3.88. The van der Waals surface area contributed by atoms with E-state index in [0.717, 1.165) is 55.7 Å². The van der Waals surface area contributed by atoms with Crippen molar-refractivity contribution in [2.24, 2.45) is 0 Å². The number of carbonyl (C=O) groups excluding carboxylic acids is 1. The van der Waals surface area contributed by atoms with Gasteiger partial charge < -0.3 is 15.3 Å². The number of hydrogen-bond donors (Lipinski definition) is 2. The highest BCUT2D eigenvalue weighted by Crippen LogP contribution is 2.21. The van der Waals surface area contributed by atoms with E-state index in [1.54, 1.807) is 18.3 Å². The second-order valence-corrected chi connectivity index (χ2v) is 8.00. The molecule has 2 heterocycles. The van der Waals surface area contributed by atoms with Crippen molar-refractivity contribution >= 4 is 11.6 Å². The highest BCUT2D eigenvalue weighted by Gasteiger charge is 2.20. The third kappa shape index (κ3) is 5.96. The van der Waals surface area contributed by atoms with Gasteiger partial charge in [0.1, 0.15) is 17.8 Å². The number of aliphatic hydroxyl groups is 1. The summed E-state index contributed by atoms with van der Waals surface area (Å²) in [6.07, 6.45) is 2.71. The van der Waals surface area contributed by atoms with Gasteiger partial charge in [0.05, 0.1) is 5.70 Å². The Balaban J connectivity index is 1.31. The summed E-state index contributed by atoms with van der Waals surface area (Å²) >= 11 is 0. The first kappa shape index (κ1) is 22.5. The number of rotatable bonds is 7. The van der Waals surface area contributed by atoms with Gasteiger partial charge in [-0.05, 0) is 35.4 Å². The van der Waals surface area contributed by atoms with Gasteiger partial charge in [0.25, 0.3) is 5.91 Å². The van der Waals surface area contributed by atoms with Gasteiger partial charge in [0.2, 0.25) is 0 Å². The molecular formula is C26H27FN4O2. The summed E-state index contributed by atoms with van der Waals surface area (Å²) < 4.78 is 13.1. The molecule has 170 valence electrons. The van der Waals surface area contributed by atoms with Crippen LogP contribution in [-0.4, -0.2) is 52.0 Å². The van der Waals surface area contributed by atoms with Gasteiger partial charge in [-0.2, -0.15) is 0 Å². The number of nitrogens with one attached hydrogen (secondary N) is 1. The molecular weight excluding hydrogens is 419 g/mol. The molecule has 0 unspecified atom stereocenters. The number of aromatic nitrogens is 1. The Labute approximate surface area is 193 Å². The Hall–Kier alpha value is -3.71. The van der Waals surface area contributed by atoms with E-state index in [-0.39, 0.29) is 11.7 Å². The lowest BCUT2D eigenvalue weighted by Gasteiger charge is -2.37. The molecule has 0 bridgehead atoms. The second-order valence-electron chi connectivity index (χ2n) is 8.00. The number of amides is 1. The van der Waals surface area contributed by atoms with Gasteiger partial charge in [-0.25, -0.2) is 4.39 Å². The Morgan fingerprint density at radius 2 is 1.70 bits per heavy atom. The maximum absolute atomic E-state index is 13.1.